The van der Waals surface area contributed by atoms with Gasteiger partial charge in [-0.1, -0.05) is 136 Å². The zero-order valence-corrected chi connectivity index (χ0v) is 31.4. The van der Waals surface area contributed by atoms with Gasteiger partial charge in [0.1, 0.15) is 29.2 Å². The van der Waals surface area contributed by atoms with Gasteiger partial charge in [0.05, 0.1) is 5.71 Å². The predicted octanol–water partition coefficient (Wildman–Crippen LogP) is 12.4. The number of benzene rings is 6. The van der Waals surface area contributed by atoms with E-state index >= 15 is 0 Å². The largest absolute Gasteiger partial charge is 0.485 e. The first kappa shape index (κ1) is 33.3. The lowest BCUT2D eigenvalue weighted by Crippen LogP contribution is -2.23. The lowest BCUT2D eigenvalue weighted by molar-refractivity contribution is 0.278. The molecule has 10 rings (SSSR count). The maximum atomic E-state index is 6.45. The normalized spacial score (nSPS) is 17.3. The van der Waals surface area contributed by atoms with Gasteiger partial charge in [0, 0.05) is 40.3 Å². The molecule has 3 aliphatic rings. The molecule has 0 spiro atoms. The molecule has 4 heteroatoms. The van der Waals surface area contributed by atoms with Gasteiger partial charge < -0.3 is 9.15 Å². The number of nitrogens with one attached hydrogen (secondary N) is 1. The van der Waals surface area contributed by atoms with Gasteiger partial charge in [0.15, 0.2) is 0 Å². The lowest BCUT2D eigenvalue weighted by atomic mass is 9.75. The highest BCUT2D eigenvalue weighted by atomic mass is 16.5. The van der Waals surface area contributed by atoms with E-state index in [1.165, 1.54) is 50.1 Å². The Hall–Kier alpha value is -6.23. The van der Waals surface area contributed by atoms with Gasteiger partial charge in [-0.25, -0.2) is 0 Å². The van der Waals surface area contributed by atoms with E-state index in [4.69, 9.17) is 14.1 Å². The topological polar surface area (TPSA) is 46.8 Å². The van der Waals surface area contributed by atoms with Crippen molar-refractivity contribution in [1.82, 2.24) is 5.32 Å². The van der Waals surface area contributed by atoms with Crippen molar-refractivity contribution in [2.45, 2.75) is 51.4 Å². The maximum Gasteiger partial charge on any atom is 0.135 e. The van der Waals surface area contributed by atoms with E-state index in [2.05, 4.69) is 141 Å². The number of furan rings is 1. The van der Waals surface area contributed by atoms with E-state index in [0.29, 0.717) is 6.54 Å². The van der Waals surface area contributed by atoms with E-state index in [9.17, 15) is 0 Å². The van der Waals surface area contributed by atoms with Crippen molar-refractivity contribution in [1.29, 1.82) is 0 Å². The van der Waals surface area contributed by atoms with E-state index in [1.54, 1.807) is 0 Å². The van der Waals surface area contributed by atoms with Gasteiger partial charge in [-0.05, 0) is 92.9 Å². The minimum absolute atomic E-state index is 0.0846. The summed E-state index contributed by atoms with van der Waals surface area (Å²) >= 11 is 0. The standard InChI is InChI=1S/C51H42N2O2/c1-31(2)49(33-14-6-5-7-15-33)53-50(36-21-23-38-37-17-8-10-19-43(37)55-46(38)29-36)52-30-32-13-12-16-34(27-32)35-22-25-42-41(28-35)39-24-26-45-47(48(39)51(42,3)4)40-18-9-11-20-44(40)54-45/h5-25,27-29,45,50,52H,1,26,30H2,2-4H3/b53-49+. The van der Waals surface area contributed by atoms with E-state index in [1.807, 2.05) is 37.3 Å². The highest BCUT2D eigenvalue weighted by Crippen LogP contribution is 2.58. The minimum Gasteiger partial charge on any atom is -0.485 e. The third-order valence-electron chi connectivity index (χ3n) is 11.6. The van der Waals surface area contributed by atoms with Crippen LogP contribution in [0.15, 0.2) is 173 Å². The minimum atomic E-state index is -0.339. The first-order chi connectivity index (χ1) is 26.8. The Morgan fingerprint density at radius 2 is 1.56 bits per heavy atom. The molecule has 0 fully saturated rings. The third kappa shape index (κ3) is 5.59. The van der Waals surface area contributed by atoms with E-state index < -0.39 is 0 Å². The van der Waals surface area contributed by atoms with Crippen molar-refractivity contribution in [2.75, 3.05) is 0 Å². The Morgan fingerprint density at radius 3 is 2.44 bits per heavy atom. The number of nitrogens with zero attached hydrogens (tertiary/aromatic N) is 1. The molecule has 0 bridgehead atoms. The molecule has 55 heavy (non-hydrogen) atoms. The molecule has 1 N–H and O–H groups in total. The zero-order chi connectivity index (χ0) is 37.3. The molecule has 0 saturated heterocycles. The van der Waals surface area contributed by atoms with Crippen LogP contribution < -0.4 is 10.1 Å². The number of para-hydroxylation sites is 2. The lowest BCUT2D eigenvalue weighted by Gasteiger charge is -2.28. The summed E-state index contributed by atoms with van der Waals surface area (Å²) < 4.78 is 12.8. The first-order valence-corrected chi connectivity index (χ1v) is 19.2. The molecule has 0 amide bonds. The van der Waals surface area contributed by atoms with E-state index in [0.717, 1.165) is 56.5 Å². The average molecular weight is 715 g/mol. The summed E-state index contributed by atoms with van der Waals surface area (Å²) in [5, 5.41) is 6.02. The highest BCUT2D eigenvalue weighted by Gasteiger charge is 2.46. The van der Waals surface area contributed by atoms with Crippen molar-refractivity contribution in [3.05, 3.63) is 197 Å². The number of hydrogen-bond donors (Lipinski definition) is 1. The molecular weight excluding hydrogens is 673 g/mol. The number of hydrogen-bond acceptors (Lipinski definition) is 4. The number of rotatable bonds is 8. The Morgan fingerprint density at radius 1 is 0.782 bits per heavy atom. The van der Waals surface area contributed by atoms with Crippen LogP contribution in [0, 0.1) is 0 Å². The molecule has 1 aliphatic heterocycles. The van der Waals surface area contributed by atoms with Gasteiger partial charge in [-0.15, -0.1) is 0 Å². The molecule has 0 saturated carbocycles. The molecule has 2 atom stereocenters. The van der Waals surface area contributed by atoms with Crippen LogP contribution >= 0.6 is 0 Å². The van der Waals surface area contributed by atoms with Crippen molar-refractivity contribution >= 4 is 38.8 Å². The maximum absolute atomic E-state index is 6.45. The van der Waals surface area contributed by atoms with Gasteiger partial charge in [0.2, 0.25) is 0 Å². The Balaban J connectivity index is 0.986. The summed E-state index contributed by atoms with van der Waals surface area (Å²) in [5.74, 6) is 1.00. The summed E-state index contributed by atoms with van der Waals surface area (Å²) in [7, 11) is 0. The number of fused-ring (bicyclic) bond motifs is 9. The SMILES string of the molecule is C=C(C)/C(=N\C(NCc1cccc(-c2ccc3c(c2)C2=CCC4Oc5ccccc5C4=C2C3(C)C)c1)c1ccc2c(c1)oc1ccccc12)c1ccccc1. The predicted molar refractivity (Wildman–Crippen MR) is 226 cm³/mol. The average Bonchev–Trinajstić information content (AvgIpc) is 3.85. The van der Waals surface area contributed by atoms with Gasteiger partial charge in [-0.2, -0.15) is 0 Å². The molecular formula is C51H42N2O2. The monoisotopic (exact) mass is 714 g/mol. The smallest absolute Gasteiger partial charge is 0.135 e. The van der Waals surface area contributed by atoms with Gasteiger partial charge in [0.25, 0.3) is 0 Å². The molecule has 0 radical (unpaired) electrons. The molecule has 7 aromatic rings. The van der Waals surface area contributed by atoms with E-state index in [-0.39, 0.29) is 17.7 Å². The molecule has 2 heterocycles. The van der Waals surface area contributed by atoms with Crippen molar-refractivity contribution in [3.8, 4) is 16.9 Å². The molecule has 4 nitrogen and oxygen atoms in total. The molecule has 268 valence electrons. The van der Waals surface area contributed by atoms with Crippen LogP contribution in [0.1, 0.15) is 66.7 Å². The fraction of sp³-hybridized carbons (Fsp3) is 0.157. The number of allylic oxidation sites excluding steroid dienone is 3. The summed E-state index contributed by atoms with van der Waals surface area (Å²) in [5.41, 5.74) is 17.2. The molecule has 1 aromatic heterocycles. The van der Waals surface area contributed by atoms with Crippen molar-refractivity contribution in [2.24, 2.45) is 4.99 Å². The fourth-order valence-electron chi connectivity index (χ4n) is 9.04. The number of aliphatic imine (C=N–C) groups is 1. The Kier molecular flexibility index (Phi) is 7.86. The molecule has 2 aliphatic carbocycles. The fourth-order valence-corrected chi connectivity index (χ4v) is 9.04. The van der Waals surface area contributed by atoms with Crippen LogP contribution in [0.5, 0.6) is 5.75 Å². The summed E-state index contributed by atoms with van der Waals surface area (Å²) in [4.78, 5) is 5.35. The Bertz CT molecular complexity index is 2780. The Labute approximate surface area is 322 Å². The van der Waals surface area contributed by atoms with Crippen LogP contribution in [0.4, 0.5) is 0 Å². The molecule has 2 unspecified atom stereocenters. The summed E-state index contributed by atoms with van der Waals surface area (Å²) in [6.45, 7) is 11.7. The number of ether oxygens (including phenoxy) is 1. The van der Waals surface area contributed by atoms with Crippen LogP contribution in [0.25, 0.3) is 44.2 Å². The second-order valence-corrected chi connectivity index (χ2v) is 15.6. The second-order valence-electron chi connectivity index (χ2n) is 15.6. The second kappa shape index (κ2) is 13.0. The van der Waals surface area contributed by atoms with Gasteiger partial charge in [-0.3, -0.25) is 10.3 Å². The quantitative estimate of drug-likeness (QED) is 0.159. The van der Waals surface area contributed by atoms with Crippen molar-refractivity contribution < 1.29 is 9.15 Å². The highest BCUT2D eigenvalue weighted by molar-refractivity contribution is 6.12. The van der Waals surface area contributed by atoms with Crippen molar-refractivity contribution in [3.63, 3.8) is 0 Å². The summed E-state index contributed by atoms with van der Waals surface area (Å²) in [6, 6.07) is 49.4. The van der Waals surface area contributed by atoms with Crippen LogP contribution in [-0.4, -0.2) is 11.8 Å². The van der Waals surface area contributed by atoms with Gasteiger partial charge >= 0.3 is 0 Å². The van der Waals surface area contributed by atoms with Crippen LogP contribution in [0.3, 0.4) is 0 Å². The summed E-state index contributed by atoms with van der Waals surface area (Å²) in [6.07, 6.45) is 3.04. The first-order valence-electron chi connectivity index (χ1n) is 19.2. The van der Waals surface area contributed by atoms with Crippen LogP contribution in [-0.2, 0) is 12.0 Å². The zero-order valence-electron chi connectivity index (χ0n) is 31.4. The van der Waals surface area contributed by atoms with Crippen LogP contribution in [0.2, 0.25) is 0 Å². The third-order valence-corrected chi connectivity index (χ3v) is 11.6. The molecule has 6 aromatic carbocycles.